The van der Waals surface area contributed by atoms with Crippen molar-refractivity contribution in [1.29, 1.82) is 0 Å². The van der Waals surface area contributed by atoms with E-state index in [0.29, 0.717) is 27.1 Å². The van der Waals surface area contributed by atoms with Crippen molar-refractivity contribution in [2.45, 2.75) is 52.4 Å². The second kappa shape index (κ2) is 11.4. The highest BCUT2D eigenvalue weighted by Gasteiger charge is 2.25. The Morgan fingerprint density at radius 3 is 1.30 bits per heavy atom. The van der Waals surface area contributed by atoms with Crippen LogP contribution in [-0.2, 0) is 10.8 Å². The summed E-state index contributed by atoms with van der Waals surface area (Å²) >= 11 is 0. The number of rotatable bonds is 2. The predicted octanol–water partition coefficient (Wildman–Crippen LogP) is 12.3. The van der Waals surface area contributed by atoms with Crippen LogP contribution in [-0.4, -0.2) is 13.5 Å². The van der Waals surface area contributed by atoms with Gasteiger partial charge >= 0.3 is 0 Å². The summed E-state index contributed by atoms with van der Waals surface area (Å²) in [6.45, 7) is 13.0. The minimum absolute atomic E-state index is 0.0728. The van der Waals surface area contributed by atoms with Crippen molar-refractivity contribution in [1.82, 2.24) is 13.5 Å². The Kier molecular flexibility index (Phi) is 6.73. The number of para-hydroxylation sites is 4. The largest absolute Gasteiger partial charge is 0.308 e. The molecule has 11 rings (SSSR count). The molecule has 0 atom stereocenters. The maximum absolute atomic E-state index is 15.1. The molecule has 0 unspecified atom stereocenters. The number of pyridine rings is 2. The van der Waals surface area contributed by atoms with Crippen LogP contribution in [0.1, 0.15) is 52.7 Å². The zero-order chi connectivity index (χ0) is 39.1. The Hall–Kier alpha value is -6.72. The third-order valence-corrected chi connectivity index (χ3v) is 12.3. The summed E-state index contributed by atoms with van der Waals surface area (Å²) in [5, 5.41) is 6.91. The molecule has 0 saturated carbocycles. The molecule has 0 aliphatic heterocycles. The van der Waals surface area contributed by atoms with Gasteiger partial charge in [0.1, 0.15) is 0 Å². The van der Waals surface area contributed by atoms with E-state index >= 15 is 9.59 Å². The van der Waals surface area contributed by atoms with E-state index in [1.807, 2.05) is 12.1 Å². The van der Waals surface area contributed by atoms with Gasteiger partial charge in [-0.25, -0.2) is 0 Å². The Labute approximate surface area is 329 Å². The van der Waals surface area contributed by atoms with Crippen LogP contribution in [0.5, 0.6) is 0 Å². The lowest BCUT2D eigenvalue weighted by molar-refractivity contribution is 0.591. The van der Waals surface area contributed by atoms with Crippen molar-refractivity contribution in [3.8, 4) is 11.4 Å². The molecule has 0 fully saturated rings. The van der Waals surface area contributed by atoms with Crippen molar-refractivity contribution >= 4 is 81.7 Å². The monoisotopic (exact) mass is 739 g/mol. The first-order valence-corrected chi connectivity index (χ1v) is 19.8. The van der Waals surface area contributed by atoms with Gasteiger partial charge in [0.05, 0.1) is 44.3 Å². The molecule has 0 amide bonds. The lowest BCUT2D eigenvalue weighted by atomic mass is 9.85. The quantitative estimate of drug-likeness (QED) is 0.131. The fourth-order valence-corrected chi connectivity index (χ4v) is 9.39. The SMILES string of the molecule is CC(C)(C)c1ccc2c(c1)c(=O)c1cc(-n3c4ccccc4c4cccc(-n5c6ccccc6c6ccccc65)c43)cc3c(=O)c4cc(C(C)(C)C)ccc4n2c13. The Bertz CT molecular complexity index is 3470. The number of aromatic nitrogens is 3. The first kappa shape index (κ1) is 33.6. The molecule has 4 aromatic heterocycles. The minimum Gasteiger partial charge on any atom is -0.308 e. The molecular weight excluding hydrogens is 699 g/mol. The molecule has 5 heteroatoms. The van der Waals surface area contributed by atoms with E-state index in [-0.39, 0.29) is 21.7 Å². The summed E-state index contributed by atoms with van der Waals surface area (Å²) in [5.41, 5.74) is 10.00. The van der Waals surface area contributed by atoms with Gasteiger partial charge < -0.3 is 13.5 Å². The molecule has 0 saturated heterocycles. The molecule has 0 spiro atoms. The van der Waals surface area contributed by atoms with Gasteiger partial charge in [-0.1, -0.05) is 120 Å². The van der Waals surface area contributed by atoms with Gasteiger partial charge in [-0.05, 0) is 82.6 Å². The van der Waals surface area contributed by atoms with Crippen LogP contribution in [0.4, 0.5) is 0 Å². The lowest BCUT2D eigenvalue weighted by Gasteiger charge is -2.22. The zero-order valence-electron chi connectivity index (χ0n) is 32.9. The van der Waals surface area contributed by atoms with Crippen LogP contribution in [0.15, 0.2) is 149 Å². The van der Waals surface area contributed by atoms with Gasteiger partial charge in [-0.15, -0.1) is 0 Å². The summed E-state index contributed by atoms with van der Waals surface area (Å²) < 4.78 is 6.79. The molecule has 0 radical (unpaired) electrons. The molecule has 0 N–H and O–H groups in total. The van der Waals surface area contributed by atoms with Gasteiger partial charge in [-0.2, -0.15) is 0 Å². The van der Waals surface area contributed by atoms with Gasteiger partial charge in [0, 0.05) is 48.8 Å². The zero-order valence-corrected chi connectivity index (χ0v) is 32.9. The summed E-state index contributed by atoms with van der Waals surface area (Å²) in [5.74, 6) is 0. The molecule has 0 bridgehead atoms. The highest BCUT2D eigenvalue weighted by Crippen LogP contribution is 2.41. The Morgan fingerprint density at radius 2 is 0.807 bits per heavy atom. The summed E-state index contributed by atoms with van der Waals surface area (Å²) in [6, 6.07) is 48.6. The van der Waals surface area contributed by atoms with Crippen LogP contribution in [0.25, 0.3) is 93.1 Å². The first-order chi connectivity index (χ1) is 27.4. The average Bonchev–Trinajstić information content (AvgIpc) is 3.73. The number of hydrogen-bond donors (Lipinski definition) is 0. The van der Waals surface area contributed by atoms with Crippen molar-refractivity contribution in [3.05, 3.63) is 171 Å². The van der Waals surface area contributed by atoms with E-state index in [2.05, 4.69) is 182 Å². The summed E-state index contributed by atoms with van der Waals surface area (Å²) in [4.78, 5) is 30.1. The van der Waals surface area contributed by atoms with E-state index in [9.17, 15) is 0 Å². The van der Waals surface area contributed by atoms with Crippen molar-refractivity contribution in [3.63, 3.8) is 0 Å². The smallest absolute Gasteiger partial charge is 0.197 e. The topological polar surface area (TPSA) is 48.4 Å². The second-order valence-corrected chi connectivity index (χ2v) is 17.7. The number of hydrogen-bond acceptors (Lipinski definition) is 2. The van der Waals surface area contributed by atoms with Gasteiger partial charge in [0.15, 0.2) is 10.9 Å². The van der Waals surface area contributed by atoms with Crippen LogP contribution < -0.4 is 10.9 Å². The van der Waals surface area contributed by atoms with Crippen LogP contribution in [0.2, 0.25) is 0 Å². The minimum atomic E-state index is -0.161. The number of nitrogens with zero attached hydrogens (tertiary/aromatic N) is 3. The first-order valence-electron chi connectivity index (χ1n) is 19.8. The van der Waals surface area contributed by atoms with Crippen LogP contribution in [0.3, 0.4) is 0 Å². The van der Waals surface area contributed by atoms with Gasteiger partial charge in [-0.3, -0.25) is 9.59 Å². The van der Waals surface area contributed by atoms with Gasteiger partial charge in [0.25, 0.3) is 0 Å². The fraction of sp³-hybridized carbons (Fsp3) is 0.154. The van der Waals surface area contributed by atoms with Crippen molar-refractivity contribution < 1.29 is 0 Å². The predicted molar refractivity (Wildman–Crippen MR) is 240 cm³/mol. The average molecular weight is 740 g/mol. The highest BCUT2D eigenvalue weighted by molar-refractivity contribution is 6.16. The fourth-order valence-electron chi connectivity index (χ4n) is 9.39. The Morgan fingerprint density at radius 1 is 0.368 bits per heavy atom. The van der Waals surface area contributed by atoms with E-state index in [0.717, 1.165) is 66.4 Å². The molecule has 0 aliphatic rings. The van der Waals surface area contributed by atoms with Crippen molar-refractivity contribution in [2.75, 3.05) is 0 Å². The van der Waals surface area contributed by atoms with Crippen molar-refractivity contribution in [2.24, 2.45) is 0 Å². The third kappa shape index (κ3) is 4.63. The van der Waals surface area contributed by atoms with Crippen LogP contribution >= 0.6 is 0 Å². The lowest BCUT2D eigenvalue weighted by Crippen LogP contribution is -2.18. The number of fused-ring (bicyclic) bond motifs is 10. The standard InChI is InChI=1S/C52H41N3O2/c1-51(2,3)30-22-24-44-37(26-30)49(56)39-28-32(29-40-47(39)55(44)45-25-23-31(52(4,5)6)27-38(45)50(40)57)53-41-18-10-9-16-35(41)36-17-13-21-46(48(36)53)54-42-19-11-7-14-33(42)34-15-8-12-20-43(34)54/h7-29H,1-6H3. The molecule has 276 valence electrons. The highest BCUT2D eigenvalue weighted by atomic mass is 16.1. The second-order valence-electron chi connectivity index (χ2n) is 17.7. The molecule has 11 aromatic rings. The molecule has 7 aromatic carbocycles. The summed E-state index contributed by atoms with van der Waals surface area (Å²) in [6.07, 6.45) is 0. The van der Waals surface area contributed by atoms with E-state index < -0.39 is 0 Å². The molecule has 0 aliphatic carbocycles. The molecular formula is C52H41N3O2. The maximum atomic E-state index is 15.1. The third-order valence-electron chi connectivity index (χ3n) is 12.3. The van der Waals surface area contributed by atoms with E-state index in [4.69, 9.17) is 0 Å². The van der Waals surface area contributed by atoms with Gasteiger partial charge in [0.2, 0.25) is 0 Å². The Balaban J connectivity index is 1.35. The molecule has 5 nitrogen and oxygen atoms in total. The van der Waals surface area contributed by atoms with Crippen LogP contribution in [0, 0.1) is 0 Å². The molecule has 4 heterocycles. The van der Waals surface area contributed by atoms with E-state index in [1.54, 1.807) is 0 Å². The normalized spacial score (nSPS) is 12.9. The maximum Gasteiger partial charge on any atom is 0.197 e. The summed E-state index contributed by atoms with van der Waals surface area (Å²) in [7, 11) is 0. The van der Waals surface area contributed by atoms with E-state index in [1.165, 1.54) is 10.8 Å². The number of benzene rings is 7. The molecule has 57 heavy (non-hydrogen) atoms.